The van der Waals surface area contributed by atoms with E-state index in [0.717, 1.165) is 6.42 Å². The second kappa shape index (κ2) is 5.01. The van der Waals surface area contributed by atoms with Gasteiger partial charge in [0.15, 0.2) is 0 Å². The predicted molar refractivity (Wildman–Crippen MR) is 65.1 cm³/mol. The molecule has 0 aliphatic heterocycles. The number of nitriles is 1. The normalized spacial score (nSPS) is 26.7. The van der Waals surface area contributed by atoms with Crippen LogP contribution in [0.3, 0.4) is 0 Å². The molecule has 1 aliphatic rings. The molecule has 2 rings (SSSR count). The van der Waals surface area contributed by atoms with E-state index >= 15 is 0 Å². The molecule has 1 aromatic carbocycles. The standard InChI is InChI=1S/C14H16N2O/c1-10-12(11-5-3-2-4-6-11)9-13(10)16-14(17)7-8-15/h2-6,10,12-13H,7,9H2,1H3,(H,16,17)/t10-,12+,13-/m0/s1. The number of carbonyl (C=O) groups is 1. The highest BCUT2D eigenvalue weighted by Gasteiger charge is 2.39. The van der Waals surface area contributed by atoms with E-state index in [1.54, 1.807) is 0 Å². The minimum absolute atomic E-state index is 0.0424. The molecule has 1 amide bonds. The molecule has 17 heavy (non-hydrogen) atoms. The average molecular weight is 228 g/mol. The molecular formula is C14H16N2O. The van der Waals surface area contributed by atoms with Crippen LogP contribution in [0.25, 0.3) is 0 Å². The van der Waals surface area contributed by atoms with Crippen LogP contribution in [-0.4, -0.2) is 11.9 Å². The number of hydrogen-bond acceptors (Lipinski definition) is 2. The summed E-state index contributed by atoms with van der Waals surface area (Å²) in [6, 6.07) is 12.5. The van der Waals surface area contributed by atoms with Gasteiger partial charge in [-0.15, -0.1) is 0 Å². The molecule has 0 unspecified atom stereocenters. The topological polar surface area (TPSA) is 52.9 Å². The number of hydrogen-bond donors (Lipinski definition) is 1. The third kappa shape index (κ3) is 2.47. The molecule has 1 N–H and O–H groups in total. The zero-order chi connectivity index (χ0) is 12.3. The summed E-state index contributed by atoms with van der Waals surface area (Å²) in [5, 5.41) is 11.3. The summed E-state index contributed by atoms with van der Waals surface area (Å²) in [4.78, 5) is 11.3. The lowest BCUT2D eigenvalue weighted by molar-refractivity contribution is -0.122. The highest BCUT2D eigenvalue weighted by molar-refractivity contribution is 5.78. The van der Waals surface area contributed by atoms with Crippen molar-refractivity contribution in [1.82, 2.24) is 5.32 Å². The van der Waals surface area contributed by atoms with Crippen LogP contribution in [0.2, 0.25) is 0 Å². The van der Waals surface area contributed by atoms with Gasteiger partial charge in [0, 0.05) is 6.04 Å². The van der Waals surface area contributed by atoms with Crippen molar-refractivity contribution < 1.29 is 4.79 Å². The quantitative estimate of drug-likeness (QED) is 0.862. The lowest BCUT2D eigenvalue weighted by Gasteiger charge is -2.43. The Morgan fingerprint density at radius 2 is 2.18 bits per heavy atom. The van der Waals surface area contributed by atoms with E-state index in [2.05, 4.69) is 24.4 Å². The van der Waals surface area contributed by atoms with E-state index in [-0.39, 0.29) is 18.4 Å². The van der Waals surface area contributed by atoms with Gasteiger partial charge >= 0.3 is 0 Å². The lowest BCUT2D eigenvalue weighted by Crippen LogP contribution is -2.50. The predicted octanol–water partition coefficient (Wildman–Crippen LogP) is 2.21. The maximum atomic E-state index is 11.3. The average Bonchev–Trinajstić information content (AvgIpc) is 2.35. The Morgan fingerprint density at radius 1 is 1.47 bits per heavy atom. The Kier molecular flexibility index (Phi) is 3.43. The largest absolute Gasteiger partial charge is 0.352 e. The van der Waals surface area contributed by atoms with E-state index in [1.807, 2.05) is 24.3 Å². The van der Waals surface area contributed by atoms with E-state index in [4.69, 9.17) is 5.26 Å². The summed E-state index contributed by atoms with van der Waals surface area (Å²) in [6.07, 6.45) is 0.932. The van der Waals surface area contributed by atoms with Gasteiger partial charge in [0.2, 0.25) is 5.91 Å². The van der Waals surface area contributed by atoms with Crippen LogP contribution >= 0.6 is 0 Å². The number of nitrogens with zero attached hydrogens (tertiary/aromatic N) is 1. The van der Waals surface area contributed by atoms with Crippen molar-refractivity contribution in [3.8, 4) is 6.07 Å². The molecule has 1 aromatic rings. The van der Waals surface area contributed by atoms with Crippen LogP contribution in [0.1, 0.15) is 31.2 Å². The smallest absolute Gasteiger partial charge is 0.234 e. The van der Waals surface area contributed by atoms with Crippen LogP contribution in [0.15, 0.2) is 30.3 Å². The van der Waals surface area contributed by atoms with Gasteiger partial charge in [-0.25, -0.2) is 0 Å². The van der Waals surface area contributed by atoms with Crippen molar-refractivity contribution in [2.45, 2.75) is 31.7 Å². The van der Waals surface area contributed by atoms with Crippen LogP contribution in [0.5, 0.6) is 0 Å². The first kappa shape index (κ1) is 11.7. The Labute approximate surface area is 101 Å². The van der Waals surface area contributed by atoms with Crippen LogP contribution in [0, 0.1) is 17.2 Å². The maximum Gasteiger partial charge on any atom is 0.234 e. The zero-order valence-corrected chi connectivity index (χ0v) is 9.89. The van der Waals surface area contributed by atoms with Gasteiger partial charge in [0.05, 0.1) is 6.07 Å². The van der Waals surface area contributed by atoms with Crippen molar-refractivity contribution in [2.75, 3.05) is 0 Å². The number of benzene rings is 1. The summed E-state index contributed by atoms with van der Waals surface area (Å²) >= 11 is 0. The summed E-state index contributed by atoms with van der Waals surface area (Å²) in [6.45, 7) is 2.15. The zero-order valence-electron chi connectivity index (χ0n) is 9.89. The molecule has 1 saturated carbocycles. The number of nitrogens with one attached hydrogen (secondary N) is 1. The van der Waals surface area contributed by atoms with Gasteiger partial charge in [0.25, 0.3) is 0 Å². The van der Waals surface area contributed by atoms with E-state index in [9.17, 15) is 4.79 Å². The maximum absolute atomic E-state index is 11.3. The lowest BCUT2D eigenvalue weighted by atomic mass is 9.67. The number of amides is 1. The molecule has 88 valence electrons. The summed E-state index contributed by atoms with van der Waals surface area (Å²) < 4.78 is 0. The number of rotatable bonds is 3. The molecule has 0 aromatic heterocycles. The van der Waals surface area contributed by atoms with Gasteiger partial charge in [-0.3, -0.25) is 4.79 Å². The van der Waals surface area contributed by atoms with Crippen LogP contribution < -0.4 is 5.32 Å². The number of carbonyl (C=O) groups excluding carboxylic acids is 1. The second-order valence-electron chi connectivity index (χ2n) is 4.62. The SMILES string of the molecule is C[C@@H]1[C@@H](NC(=O)CC#N)C[C@H]1c1ccccc1. The van der Waals surface area contributed by atoms with Crippen molar-refractivity contribution in [2.24, 2.45) is 5.92 Å². The highest BCUT2D eigenvalue weighted by atomic mass is 16.1. The van der Waals surface area contributed by atoms with Crippen molar-refractivity contribution in [3.05, 3.63) is 35.9 Å². The fourth-order valence-electron chi connectivity index (χ4n) is 2.45. The Morgan fingerprint density at radius 3 is 2.76 bits per heavy atom. The third-order valence-electron chi connectivity index (χ3n) is 3.59. The van der Waals surface area contributed by atoms with Gasteiger partial charge < -0.3 is 5.32 Å². The van der Waals surface area contributed by atoms with Gasteiger partial charge in [-0.1, -0.05) is 37.3 Å². The molecule has 1 fully saturated rings. The first-order valence-corrected chi connectivity index (χ1v) is 5.93. The summed E-state index contributed by atoms with van der Waals surface area (Å²) in [7, 11) is 0. The van der Waals surface area contributed by atoms with Crippen molar-refractivity contribution in [1.29, 1.82) is 5.26 Å². The van der Waals surface area contributed by atoms with Gasteiger partial charge in [-0.05, 0) is 23.8 Å². The van der Waals surface area contributed by atoms with Crippen molar-refractivity contribution >= 4 is 5.91 Å². The minimum Gasteiger partial charge on any atom is -0.352 e. The van der Waals surface area contributed by atoms with E-state index < -0.39 is 0 Å². The van der Waals surface area contributed by atoms with E-state index in [1.165, 1.54) is 5.56 Å². The molecular weight excluding hydrogens is 212 g/mol. The molecule has 0 heterocycles. The molecule has 1 aliphatic carbocycles. The Hall–Kier alpha value is -1.82. The Bertz CT molecular complexity index is 435. The molecule has 3 heteroatoms. The van der Waals surface area contributed by atoms with Crippen molar-refractivity contribution in [3.63, 3.8) is 0 Å². The highest BCUT2D eigenvalue weighted by Crippen LogP contribution is 2.42. The van der Waals surface area contributed by atoms with Crippen LogP contribution in [-0.2, 0) is 4.79 Å². The molecule has 3 nitrogen and oxygen atoms in total. The second-order valence-corrected chi connectivity index (χ2v) is 4.62. The summed E-state index contributed by atoms with van der Waals surface area (Å²) in [5.74, 6) is 0.819. The first-order valence-electron chi connectivity index (χ1n) is 5.93. The van der Waals surface area contributed by atoms with Crippen LogP contribution in [0.4, 0.5) is 0 Å². The molecule has 0 radical (unpaired) electrons. The monoisotopic (exact) mass is 228 g/mol. The summed E-state index contributed by atoms with van der Waals surface area (Å²) in [5.41, 5.74) is 1.34. The molecule has 3 atom stereocenters. The third-order valence-corrected chi connectivity index (χ3v) is 3.59. The first-order chi connectivity index (χ1) is 8.22. The van der Waals surface area contributed by atoms with Gasteiger partial charge in [-0.2, -0.15) is 5.26 Å². The molecule has 0 spiro atoms. The fraction of sp³-hybridized carbons (Fsp3) is 0.429. The van der Waals surface area contributed by atoms with Gasteiger partial charge in [0.1, 0.15) is 6.42 Å². The molecule has 0 saturated heterocycles. The fourth-order valence-corrected chi connectivity index (χ4v) is 2.45. The molecule has 0 bridgehead atoms. The Balaban J connectivity index is 1.90. The minimum atomic E-state index is -0.157. The van der Waals surface area contributed by atoms with E-state index in [0.29, 0.717) is 11.8 Å².